The van der Waals surface area contributed by atoms with Gasteiger partial charge >= 0.3 is 11.6 Å². The maximum atomic E-state index is 11.7. The highest BCUT2D eigenvalue weighted by Gasteiger charge is 2.67. The van der Waals surface area contributed by atoms with Crippen molar-refractivity contribution < 1.29 is 24.2 Å². The molecule has 11 nitrogen and oxygen atoms in total. The molecule has 1 rings (SSSR count). The number of carbonyl (C=O) groups is 2. The zero-order valence-corrected chi connectivity index (χ0v) is 12.6. The molecule has 0 aromatic carbocycles. The van der Waals surface area contributed by atoms with Crippen molar-refractivity contribution in [1.29, 1.82) is 0 Å². The second-order valence-electron chi connectivity index (χ2n) is 4.62. The minimum Gasteiger partial charge on any atom is -0.465 e. The Morgan fingerprint density at radius 3 is 2.36 bits per heavy atom. The van der Waals surface area contributed by atoms with E-state index in [0.29, 0.717) is 0 Å². The van der Waals surface area contributed by atoms with Gasteiger partial charge in [-0.3, -0.25) is 29.8 Å². The highest BCUT2D eigenvalue weighted by Crippen LogP contribution is 2.25. The fourth-order valence-electron chi connectivity index (χ4n) is 1.72. The Labute approximate surface area is 129 Å². The first-order chi connectivity index (χ1) is 10.2. The first-order valence-electron chi connectivity index (χ1n) is 6.31. The van der Waals surface area contributed by atoms with Gasteiger partial charge in [0, 0.05) is 5.75 Å². The molecule has 1 unspecified atom stereocenters. The summed E-state index contributed by atoms with van der Waals surface area (Å²) in [6.07, 6.45) is 0. The standard InChI is InChI=1S/C10H16N4O7S/c1-2-21-9(16)7(11)3-22-4-8(15)12-5-10(6-12,13(17)18)14(19)20/h7H,2-6,11H2,1H3. The van der Waals surface area contributed by atoms with Crippen LogP contribution in [-0.2, 0) is 14.3 Å². The highest BCUT2D eigenvalue weighted by atomic mass is 32.2. The van der Waals surface area contributed by atoms with Crippen molar-refractivity contribution in [3.63, 3.8) is 0 Å². The molecule has 0 saturated carbocycles. The molecule has 0 aromatic rings. The quantitative estimate of drug-likeness (QED) is 0.246. The van der Waals surface area contributed by atoms with E-state index in [9.17, 15) is 29.8 Å². The summed E-state index contributed by atoms with van der Waals surface area (Å²) < 4.78 is 4.70. The number of esters is 1. The molecule has 1 saturated heterocycles. The number of thioether (sulfide) groups is 1. The molecule has 0 spiro atoms. The molecule has 0 radical (unpaired) electrons. The first kappa shape index (κ1) is 18.1. The van der Waals surface area contributed by atoms with Crippen LogP contribution < -0.4 is 5.73 Å². The molecule has 12 heteroatoms. The van der Waals surface area contributed by atoms with Gasteiger partial charge in [-0.25, -0.2) is 0 Å². The van der Waals surface area contributed by atoms with Crippen molar-refractivity contribution in [2.24, 2.45) is 5.73 Å². The van der Waals surface area contributed by atoms with E-state index >= 15 is 0 Å². The van der Waals surface area contributed by atoms with E-state index in [4.69, 9.17) is 10.5 Å². The largest absolute Gasteiger partial charge is 0.492 e. The fraction of sp³-hybridized carbons (Fsp3) is 0.800. The lowest BCUT2D eigenvalue weighted by atomic mass is 10.0. The Morgan fingerprint density at radius 2 is 1.91 bits per heavy atom. The molecule has 124 valence electrons. The van der Waals surface area contributed by atoms with E-state index < -0.39 is 46.5 Å². The SMILES string of the molecule is CCOC(=O)C(N)CSCC(=O)N1CC([N+](=O)[O-])([N+](=O)[O-])C1. The fourth-order valence-corrected chi connectivity index (χ4v) is 2.59. The molecule has 0 bridgehead atoms. The molecular weight excluding hydrogens is 320 g/mol. The monoisotopic (exact) mass is 336 g/mol. The third-order valence-corrected chi connectivity index (χ3v) is 4.08. The molecule has 0 aliphatic carbocycles. The van der Waals surface area contributed by atoms with Crippen molar-refractivity contribution >= 4 is 23.6 Å². The van der Waals surface area contributed by atoms with Gasteiger partial charge in [0.25, 0.3) is 0 Å². The van der Waals surface area contributed by atoms with Crippen LogP contribution in [0.1, 0.15) is 6.92 Å². The van der Waals surface area contributed by atoms with Gasteiger partial charge < -0.3 is 15.4 Å². The van der Waals surface area contributed by atoms with E-state index in [-0.39, 0.29) is 18.1 Å². The van der Waals surface area contributed by atoms with Crippen LogP contribution >= 0.6 is 11.8 Å². The highest BCUT2D eigenvalue weighted by molar-refractivity contribution is 8.00. The van der Waals surface area contributed by atoms with E-state index in [1.165, 1.54) is 0 Å². The third-order valence-electron chi connectivity index (χ3n) is 3.03. The zero-order chi connectivity index (χ0) is 16.9. The Hall–Kier alpha value is -1.95. The summed E-state index contributed by atoms with van der Waals surface area (Å²) in [6.45, 7) is 0.725. The minimum absolute atomic E-state index is 0.0708. The lowest BCUT2D eigenvalue weighted by molar-refractivity contribution is -0.809. The summed E-state index contributed by atoms with van der Waals surface area (Å²) in [7, 11) is 0. The van der Waals surface area contributed by atoms with Crippen LogP contribution in [0.5, 0.6) is 0 Å². The molecule has 1 fully saturated rings. The second kappa shape index (κ2) is 7.35. The van der Waals surface area contributed by atoms with Crippen molar-refractivity contribution in [2.45, 2.75) is 18.6 Å². The summed E-state index contributed by atoms with van der Waals surface area (Å²) in [4.78, 5) is 43.5. The van der Waals surface area contributed by atoms with Crippen LogP contribution in [0.4, 0.5) is 0 Å². The van der Waals surface area contributed by atoms with Crippen molar-refractivity contribution in [2.75, 3.05) is 31.2 Å². The van der Waals surface area contributed by atoms with E-state index in [1.807, 2.05) is 0 Å². The van der Waals surface area contributed by atoms with Gasteiger partial charge in [0.2, 0.25) is 5.91 Å². The van der Waals surface area contributed by atoms with E-state index in [1.54, 1.807) is 6.92 Å². The lowest BCUT2D eigenvalue weighted by Crippen LogP contribution is -2.71. The molecule has 22 heavy (non-hydrogen) atoms. The average Bonchev–Trinajstić information content (AvgIpc) is 2.36. The number of nitro groups is 2. The maximum Gasteiger partial charge on any atom is 0.492 e. The van der Waals surface area contributed by atoms with Crippen molar-refractivity contribution in [3.8, 4) is 0 Å². The van der Waals surface area contributed by atoms with Gasteiger partial charge in [0.1, 0.15) is 15.9 Å². The van der Waals surface area contributed by atoms with Crippen LogP contribution in [-0.4, -0.2) is 69.5 Å². The predicted octanol–water partition coefficient (Wildman–Crippen LogP) is -1.30. The van der Waals surface area contributed by atoms with Gasteiger partial charge in [-0.15, -0.1) is 11.8 Å². The molecule has 1 heterocycles. The predicted molar refractivity (Wildman–Crippen MR) is 75.2 cm³/mol. The summed E-state index contributed by atoms with van der Waals surface area (Å²) >= 11 is 1.06. The number of rotatable bonds is 8. The van der Waals surface area contributed by atoms with Crippen molar-refractivity contribution in [1.82, 2.24) is 4.90 Å². The number of nitrogens with zero attached hydrogens (tertiary/aromatic N) is 3. The Kier molecular flexibility index (Phi) is 6.05. The number of ether oxygens (including phenoxy) is 1. The van der Waals surface area contributed by atoms with Gasteiger partial charge in [-0.05, 0) is 6.92 Å². The second-order valence-corrected chi connectivity index (χ2v) is 5.65. The summed E-state index contributed by atoms with van der Waals surface area (Å²) in [5.41, 5.74) is 3.23. The van der Waals surface area contributed by atoms with Crippen LogP contribution in [0.3, 0.4) is 0 Å². The number of nitrogens with two attached hydrogens (primary N) is 1. The zero-order valence-electron chi connectivity index (χ0n) is 11.8. The molecular formula is C10H16N4O7S. The van der Waals surface area contributed by atoms with Crippen LogP contribution in [0, 0.1) is 20.2 Å². The van der Waals surface area contributed by atoms with Gasteiger partial charge in [0.15, 0.2) is 13.1 Å². The van der Waals surface area contributed by atoms with E-state index in [2.05, 4.69) is 0 Å². The van der Waals surface area contributed by atoms with Gasteiger partial charge in [0.05, 0.1) is 12.4 Å². The van der Waals surface area contributed by atoms with E-state index in [0.717, 1.165) is 16.7 Å². The van der Waals surface area contributed by atoms with Crippen LogP contribution in [0.15, 0.2) is 0 Å². The average molecular weight is 336 g/mol. The molecule has 2 N–H and O–H groups in total. The van der Waals surface area contributed by atoms with Crippen LogP contribution in [0.2, 0.25) is 0 Å². The number of carbonyl (C=O) groups excluding carboxylic acids is 2. The maximum absolute atomic E-state index is 11.7. The van der Waals surface area contributed by atoms with Crippen molar-refractivity contribution in [3.05, 3.63) is 20.2 Å². The summed E-state index contributed by atoms with van der Waals surface area (Å²) in [5.74, 6) is -0.973. The minimum atomic E-state index is -2.30. The van der Waals surface area contributed by atoms with Crippen LogP contribution in [0.25, 0.3) is 0 Å². The normalized spacial score (nSPS) is 17.3. The number of hydrogen-bond donors (Lipinski definition) is 1. The first-order valence-corrected chi connectivity index (χ1v) is 7.46. The molecule has 1 aliphatic rings. The molecule has 1 atom stereocenters. The molecule has 1 amide bonds. The number of hydrogen-bond acceptors (Lipinski definition) is 9. The topological polar surface area (TPSA) is 159 Å². The third kappa shape index (κ3) is 3.82. The van der Waals surface area contributed by atoms with Gasteiger partial charge in [-0.1, -0.05) is 0 Å². The molecule has 0 aromatic heterocycles. The Bertz CT molecular complexity index is 464. The lowest BCUT2D eigenvalue weighted by Gasteiger charge is -2.35. The summed E-state index contributed by atoms with van der Waals surface area (Å²) in [6, 6.07) is -0.870. The molecule has 1 aliphatic heterocycles. The Balaban J connectivity index is 2.36. The van der Waals surface area contributed by atoms with Gasteiger partial charge in [-0.2, -0.15) is 0 Å². The number of amides is 1. The summed E-state index contributed by atoms with van der Waals surface area (Å²) in [5, 5.41) is 21.4. The number of likely N-dealkylation sites (tertiary alicyclic amines) is 1. The Morgan fingerprint density at radius 1 is 1.36 bits per heavy atom. The smallest absolute Gasteiger partial charge is 0.465 e.